The standard InChI is InChI=1S/C14H28O4Si/c1-5-11-17-19(8-4,12-9-10-15)18-14(7-3)13(16)6-2/h6,14-15H,2,5,7-12H2,1,3-4H3. The van der Waals surface area contributed by atoms with Crippen LogP contribution in [-0.2, 0) is 13.6 Å². The summed E-state index contributed by atoms with van der Waals surface area (Å²) < 4.78 is 12.1. The quantitative estimate of drug-likeness (QED) is 0.443. The fourth-order valence-electron chi connectivity index (χ4n) is 1.90. The Labute approximate surface area is 118 Å². The highest BCUT2D eigenvalue weighted by Gasteiger charge is 2.38. The number of carbonyl (C=O) groups excluding carboxylic acids is 1. The van der Waals surface area contributed by atoms with Gasteiger partial charge in [0.2, 0.25) is 0 Å². The van der Waals surface area contributed by atoms with E-state index in [1.165, 1.54) is 6.08 Å². The molecular weight excluding hydrogens is 260 g/mol. The Hall–Kier alpha value is -0.493. The number of carbonyl (C=O) groups is 1. The van der Waals surface area contributed by atoms with Gasteiger partial charge >= 0.3 is 8.56 Å². The van der Waals surface area contributed by atoms with Crippen molar-refractivity contribution in [2.75, 3.05) is 13.2 Å². The van der Waals surface area contributed by atoms with Gasteiger partial charge in [-0.2, -0.15) is 0 Å². The van der Waals surface area contributed by atoms with Crippen molar-refractivity contribution in [2.24, 2.45) is 0 Å². The second-order valence-electron chi connectivity index (χ2n) is 4.56. The minimum Gasteiger partial charge on any atom is -0.396 e. The van der Waals surface area contributed by atoms with Gasteiger partial charge in [-0.1, -0.05) is 27.4 Å². The minimum absolute atomic E-state index is 0.0862. The normalized spacial score (nSPS) is 15.8. The lowest BCUT2D eigenvalue weighted by Gasteiger charge is -2.33. The van der Waals surface area contributed by atoms with E-state index in [-0.39, 0.29) is 12.4 Å². The molecular formula is C14H28O4Si. The predicted molar refractivity (Wildman–Crippen MR) is 79.4 cm³/mol. The molecule has 4 nitrogen and oxygen atoms in total. The molecule has 19 heavy (non-hydrogen) atoms. The number of aliphatic hydroxyl groups excluding tert-OH is 1. The predicted octanol–water partition coefficient (Wildman–Crippen LogP) is 2.81. The summed E-state index contributed by atoms with van der Waals surface area (Å²) in [7, 11) is -2.40. The van der Waals surface area contributed by atoms with Crippen molar-refractivity contribution in [3.8, 4) is 0 Å². The monoisotopic (exact) mass is 288 g/mol. The second kappa shape index (κ2) is 10.3. The minimum atomic E-state index is -2.40. The Balaban J connectivity index is 4.86. The highest BCUT2D eigenvalue weighted by atomic mass is 28.4. The first-order chi connectivity index (χ1) is 9.09. The van der Waals surface area contributed by atoms with E-state index in [1.807, 2.05) is 20.8 Å². The molecule has 0 aliphatic heterocycles. The van der Waals surface area contributed by atoms with Crippen molar-refractivity contribution in [3.05, 3.63) is 12.7 Å². The highest BCUT2D eigenvalue weighted by molar-refractivity contribution is 6.67. The van der Waals surface area contributed by atoms with Crippen molar-refractivity contribution < 1.29 is 18.8 Å². The maximum absolute atomic E-state index is 11.8. The Bertz CT molecular complexity index is 260. The summed E-state index contributed by atoms with van der Waals surface area (Å²) in [6.07, 6.45) is 3.05. The third kappa shape index (κ3) is 6.47. The lowest BCUT2D eigenvalue weighted by Crippen LogP contribution is -2.46. The van der Waals surface area contributed by atoms with Gasteiger partial charge in [0.15, 0.2) is 5.78 Å². The SMILES string of the molecule is C=CC(=O)C(CC)O[Si](CC)(CCCO)OCCC. The Kier molecular flexibility index (Phi) is 10.0. The molecule has 0 aliphatic rings. The highest BCUT2D eigenvalue weighted by Crippen LogP contribution is 2.24. The molecule has 0 aromatic heterocycles. The van der Waals surface area contributed by atoms with E-state index in [0.29, 0.717) is 19.4 Å². The first-order valence-corrected chi connectivity index (χ1v) is 9.41. The van der Waals surface area contributed by atoms with E-state index < -0.39 is 14.7 Å². The van der Waals surface area contributed by atoms with Crippen LogP contribution < -0.4 is 0 Å². The molecule has 1 N–H and O–H groups in total. The zero-order valence-corrected chi connectivity index (χ0v) is 13.5. The number of aliphatic hydroxyl groups is 1. The maximum atomic E-state index is 11.8. The maximum Gasteiger partial charge on any atom is 0.338 e. The first kappa shape index (κ1) is 18.5. The molecule has 5 heteroatoms. The Morgan fingerprint density at radius 2 is 2.11 bits per heavy atom. The largest absolute Gasteiger partial charge is 0.396 e. The molecule has 0 amide bonds. The zero-order chi connectivity index (χ0) is 14.7. The number of ketones is 1. The molecule has 2 atom stereocenters. The van der Waals surface area contributed by atoms with Crippen molar-refractivity contribution >= 4 is 14.3 Å². The smallest absolute Gasteiger partial charge is 0.338 e. The van der Waals surface area contributed by atoms with Crippen LogP contribution in [0, 0.1) is 0 Å². The number of rotatable bonds is 12. The van der Waals surface area contributed by atoms with Gasteiger partial charge in [-0.25, -0.2) is 0 Å². The third-order valence-corrected chi connectivity index (χ3v) is 6.71. The van der Waals surface area contributed by atoms with Crippen molar-refractivity contribution in [1.29, 1.82) is 0 Å². The van der Waals surface area contributed by atoms with Gasteiger partial charge < -0.3 is 14.0 Å². The van der Waals surface area contributed by atoms with Gasteiger partial charge in [0.25, 0.3) is 0 Å². The summed E-state index contributed by atoms with van der Waals surface area (Å²) in [5.74, 6) is -0.0862. The van der Waals surface area contributed by atoms with E-state index in [1.54, 1.807) is 0 Å². The molecule has 2 unspecified atom stereocenters. The van der Waals surface area contributed by atoms with Crippen molar-refractivity contribution in [3.63, 3.8) is 0 Å². The molecule has 0 aliphatic carbocycles. The van der Waals surface area contributed by atoms with Crippen molar-refractivity contribution in [1.82, 2.24) is 0 Å². The molecule has 0 bridgehead atoms. The summed E-state index contributed by atoms with van der Waals surface area (Å²) >= 11 is 0. The van der Waals surface area contributed by atoms with Crippen LogP contribution in [-0.4, -0.2) is 38.8 Å². The average Bonchev–Trinajstić information content (AvgIpc) is 2.46. The van der Waals surface area contributed by atoms with E-state index in [2.05, 4.69) is 6.58 Å². The summed E-state index contributed by atoms with van der Waals surface area (Å²) in [5.41, 5.74) is 0. The molecule has 0 heterocycles. The average molecular weight is 288 g/mol. The fraction of sp³-hybridized carbons (Fsp3) is 0.786. The van der Waals surface area contributed by atoms with E-state index in [0.717, 1.165) is 18.5 Å². The molecule has 0 spiro atoms. The number of hydrogen-bond acceptors (Lipinski definition) is 4. The van der Waals surface area contributed by atoms with Crippen LogP contribution in [0.4, 0.5) is 0 Å². The van der Waals surface area contributed by atoms with Gasteiger partial charge in [-0.05, 0) is 37.4 Å². The van der Waals surface area contributed by atoms with Crippen LogP contribution in [0.5, 0.6) is 0 Å². The molecule has 0 rings (SSSR count). The summed E-state index contributed by atoms with van der Waals surface area (Å²) in [5, 5.41) is 9.03. The number of hydrogen-bond donors (Lipinski definition) is 1. The van der Waals surface area contributed by atoms with Gasteiger partial charge in [-0.3, -0.25) is 4.79 Å². The summed E-state index contributed by atoms with van der Waals surface area (Å²) in [6.45, 7) is 10.3. The summed E-state index contributed by atoms with van der Waals surface area (Å²) in [4.78, 5) is 11.8. The van der Waals surface area contributed by atoms with Crippen molar-refractivity contribution in [2.45, 2.75) is 58.2 Å². The lowest BCUT2D eigenvalue weighted by atomic mass is 10.2. The lowest BCUT2D eigenvalue weighted by molar-refractivity contribution is -0.122. The van der Waals surface area contributed by atoms with Gasteiger partial charge in [0, 0.05) is 13.2 Å². The first-order valence-electron chi connectivity index (χ1n) is 7.18. The third-order valence-electron chi connectivity index (χ3n) is 3.07. The van der Waals surface area contributed by atoms with Crippen LogP contribution >= 0.6 is 0 Å². The summed E-state index contributed by atoms with van der Waals surface area (Å²) in [6, 6.07) is 1.51. The van der Waals surface area contributed by atoms with E-state index in [4.69, 9.17) is 14.0 Å². The second-order valence-corrected chi connectivity index (χ2v) is 8.11. The fourth-order valence-corrected chi connectivity index (χ4v) is 5.03. The Morgan fingerprint density at radius 3 is 2.53 bits per heavy atom. The van der Waals surface area contributed by atoms with Crippen LogP contribution in [0.1, 0.15) is 40.0 Å². The van der Waals surface area contributed by atoms with Gasteiger partial charge in [0.05, 0.1) is 0 Å². The Morgan fingerprint density at radius 1 is 1.42 bits per heavy atom. The van der Waals surface area contributed by atoms with E-state index >= 15 is 0 Å². The molecule has 0 aromatic carbocycles. The van der Waals surface area contributed by atoms with Crippen LogP contribution in [0.25, 0.3) is 0 Å². The van der Waals surface area contributed by atoms with Gasteiger partial charge in [0.1, 0.15) is 6.10 Å². The molecule has 0 fully saturated rings. The molecule has 0 radical (unpaired) electrons. The zero-order valence-electron chi connectivity index (χ0n) is 12.5. The van der Waals surface area contributed by atoms with Gasteiger partial charge in [-0.15, -0.1) is 0 Å². The molecule has 112 valence electrons. The molecule has 0 saturated heterocycles. The molecule has 0 saturated carbocycles. The molecule has 0 aromatic rings. The van der Waals surface area contributed by atoms with Crippen LogP contribution in [0.3, 0.4) is 0 Å². The topological polar surface area (TPSA) is 55.8 Å². The van der Waals surface area contributed by atoms with Crippen LogP contribution in [0.15, 0.2) is 12.7 Å². The van der Waals surface area contributed by atoms with E-state index in [9.17, 15) is 4.79 Å². The van der Waals surface area contributed by atoms with Crippen LogP contribution in [0.2, 0.25) is 12.1 Å².